The fraction of sp³-hybridized carbons (Fsp3) is 0.632. The summed E-state index contributed by atoms with van der Waals surface area (Å²) in [5.74, 6) is 1.76. The quantitative estimate of drug-likeness (QED) is 0.766. The highest BCUT2D eigenvalue weighted by Crippen LogP contribution is 2.24. The molecule has 2 fully saturated rings. The SMILES string of the molecule is COc1cccc(N2CCCC(NC(=O)CCC3CCNC3)C2)c1.Cl.Cl. The first-order valence-electron chi connectivity index (χ1n) is 9.13. The second-order valence-electron chi connectivity index (χ2n) is 6.95. The molecule has 0 aliphatic carbocycles. The minimum atomic E-state index is 0. The molecule has 2 N–H and O–H groups in total. The van der Waals surface area contributed by atoms with Crippen molar-refractivity contribution in [3.8, 4) is 5.75 Å². The zero-order valence-electron chi connectivity index (χ0n) is 15.4. The van der Waals surface area contributed by atoms with Crippen molar-refractivity contribution in [2.75, 3.05) is 38.2 Å². The number of hydrogen-bond donors (Lipinski definition) is 2. The summed E-state index contributed by atoms with van der Waals surface area (Å²) in [4.78, 5) is 14.6. The Labute approximate surface area is 169 Å². The molecule has 2 heterocycles. The van der Waals surface area contributed by atoms with Gasteiger partial charge in [-0.25, -0.2) is 0 Å². The highest BCUT2D eigenvalue weighted by Gasteiger charge is 2.22. The van der Waals surface area contributed by atoms with E-state index in [0.717, 1.165) is 51.2 Å². The molecule has 1 aromatic carbocycles. The highest BCUT2D eigenvalue weighted by atomic mass is 35.5. The number of nitrogens with zero attached hydrogens (tertiary/aromatic N) is 1. The van der Waals surface area contributed by atoms with E-state index in [9.17, 15) is 4.79 Å². The molecule has 2 saturated heterocycles. The van der Waals surface area contributed by atoms with E-state index in [1.807, 2.05) is 12.1 Å². The molecule has 0 saturated carbocycles. The van der Waals surface area contributed by atoms with Crippen molar-refractivity contribution < 1.29 is 9.53 Å². The number of hydrogen-bond acceptors (Lipinski definition) is 4. The van der Waals surface area contributed by atoms with Crippen molar-refractivity contribution in [3.05, 3.63) is 24.3 Å². The number of carbonyl (C=O) groups excluding carboxylic acids is 1. The van der Waals surface area contributed by atoms with E-state index in [1.165, 1.54) is 12.1 Å². The van der Waals surface area contributed by atoms with Gasteiger partial charge >= 0.3 is 0 Å². The van der Waals surface area contributed by atoms with Crippen molar-refractivity contribution in [2.24, 2.45) is 5.92 Å². The Balaban J connectivity index is 0.00000169. The first kappa shape index (κ1) is 22.9. The highest BCUT2D eigenvalue weighted by molar-refractivity contribution is 5.85. The number of carbonyl (C=O) groups is 1. The lowest BCUT2D eigenvalue weighted by Crippen LogP contribution is -2.47. The average Bonchev–Trinajstić information content (AvgIpc) is 3.14. The third-order valence-electron chi connectivity index (χ3n) is 5.15. The van der Waals surface area contributed by atoms with Crippen LogP contribution >= 0.6 is 24.8 Å². The van der Waals surface area contributed by atoms with E-state index in [0.29, 0.717) is 12.3 Å². The summed E-state index contributed by atoms with van der Waals surface area (Å²) in [5.41, 5.74) is 1.17. The first-order valence-corrected chi connectivity index (χ1v) is 9.13. The fourth-order valence-corrected chi connectivity index (χ4v) is 3.73. The van der Waals surface area contributed by atoms with Crippen molar-refractivity contribution >= 4 is 36.4 Å². The molecule has 2 atom stereocenters. The second-order valence-corrected chi connectivity index (χ2v) is 6.95. The summed E-state index contributed by atoms with van der Waals surface area (Å²) >= 11 is 0. The summed E-state index contributed by atoms with van der Waals surface area (Å²) in [6, 6.07) is 8.41. The van der Waals surface area contributed by atoms with Gasteiger partial charge in [-0.3, -0.25) is 4.79 Å². The summed E-state index contributed by atoms with van der Waals surface area (Å²) < 4.78 is 5.32. The Morgan fingerprint density at radius 1 is 1.35 bits per heavy atom. The molecule has 0 aromatic heterocycles. The van der Waals surface area contributed by atoms with E-state index in [-0.39, 0.29) is 36.8 Å². The predicted octanol–water partition coefficient (Wildman–Crippen LogP) is 3.01. The van der Waals surface area contributed by atoms with Gasteiger partial charge in [0.2, 0.25) is 5.91 Å². The Bertz CT molecular complexity index is 553. The number of rotatable bonds is 6. The number of halogens is 2. The van der Waals surface area contributed by atoms with Crippen LogP contribution in [0.15, 0.2) is 24.3 Å². The molecule has 7 heteroatoms. The van der Waals surface area contributed by atoms with Crippen LogP contribution in [0.3, 0.4) is 0 Å². The molecular weight excluding hydrogens is 373 g/mol. The number of methoxy groups -OCH3 is 1. The van der Waals surface area contributed by atoms with Gasteiger partial charge in [0.1, 0.15) is 5.75 Å². The molecule has 0 radical (unpaired) electrons. The normalized spacial score (nSPS) is 22.1. The molecule has 1 aromatic rings. The summed E-state index contributed by atoms with van der Waals surface area (Å²) in [7, 11) is 1.69. The van der Waals surface area contributed by atoms with Crippen molar-refractivity contribution in [1.82, 2.24) is 10.6 Å². The third kappa shape index (κ3) is 6.53. The number of ether oxygens (including phenoxy) is 1. The Kier molecular flexibility index (Phi) is 10.1. The van der Waals surface area contributed by atoms with Gasteiger partial charge < -0.3 is 20.3 Å². The van der Waals surface area contributed by atoms with Crippen LogP contribution in [0.1, 0.15) is 32.1 Å². The molecule has 0 bridgehead atoms. The largest absolute Gasteiger partial charge is 0.497 e. The summed E-state index contributed by atoms with van der Waals surface area (Å²) in [6.45, 7) is 4.09. The molecule has 2 aliphatic heterocycles. The van der Waals surface area contributed by atoms with E-state index in [1.54, 1.807) is 7.11 Å². The minimum Gasteiger partial charge on any atom is -0.497 e. The van der Waals surface area contributed by atoms with Crippen molar-refractivity contribution in [2.45, 2.75) is 38.1 Å². The maximum absolute atomic E-state index is 12.2. The lowest BCUT2D eigenvalue weighted by atomic mass is 10.0. The lowest BCUT2D eigenvalue weighted by Gasteiger charge is -2.35. The second kappa shape index (κ2) is 11.5. The van der Waals surface area contributed by atoms with E-state index < -0.39 is 0 Å². The van der Waals surface area contributed by atoms with Crippen LogP contribution in [0.25, 0.3) is 0 Å². The summed E-state index contributed by atoms with van der Waals surface area (Å²) in [5, 5.41) is 6.60. The van der Waals surface area contributed by atoms with Crippen LogP contribution in [-0.2, 0) is 4.79 Å². The third-order valence-corrected chi connectivity index (χ3v) is 5.15. The Hall–Kier alpha value is -1.17. The molecule has 2 aliphatic rings. The van der Waals surface area contributed by atoms with E-state index >= 15 is 0 Å². The van der Waals surface area contributed by atoms with Gasteiger partial charge in [0.25, 0.3) is 0 Å². The monoisotopic (exact) mass is 403 g/mol. The maximum Gasteiger partial charge on any atom is 0.220 e. The number of amides is 1. The van der Waals surface area contributed by atoms with Gasteiger partial charge in [0, 0.05) is 37.3 Å². The van der Waals surface area contributed by atoms with E-state index in [4.69, 9.17) is 4.74 Å². The topological polar surface area (TPSA) is 53.6 Å². The molecule has 148 valence electrons. The molecule has 26 heavy (non-hydrogen) atoms. The van der Waals surface area contributed by atoms with Gasteiger partial charge in [-0.05, 0) is 56.8 Å². The Morgan fingerprint density at radius 2 is 2.19 bits per heavy atom. The van der Waals surface area contributed by atoms with Gasteiger partial charge in [0.05, 0.1) is 7.11 Å². The first-order chi connectivity index (χ1) is 11.7. The van der Waals surface area contributed by atoms with Gasteiger partial charge in [-0.1, -0.05) is 6.07 Å². The van der Waals surface area contributed by atoms with E-state index in [2.05, 4.69) is 27.7 Å². The van der Waals surface area contributed by atoms with Crippen LogP contribution < -0.4 is 20.3 Å². The molecule has 2 unspecified atom stereocenters. The van der Waals surface area contributed by atoms with Gasteiger partial charge in [0.15, 0.2) is 0 Å². The smallest absolute Gasteiger partial charge is 0.220 e. The van der Waals surface area contributed by atoms with Crippen LogP contribution in [-0.4, -0.2) is 45.2 Å². The predicted molar refractivity (Wildman–Crippen MR) is 111 cm³/mol. The lowest BCUT2D eigenvalue weighted by molar-refractivity contribution is -0.122. The number of piperidine rings is 1. The van der Waals surface area contributed by atoms with Crippen molar-refractivity contribution in [3.63, 3.8) is 0 Å². The van der Waals surface area contributed by atoms with Crippen LogP contribution in [0.2, 0.25) is 0 Å². The zero-order valence-corrected chi connectivity index (χ0v) is 17.0. The fourth-order valence-electron chi connectivity index (χ4n) is 3.73. The van der Waals surface area contributed by atoms with Crippen LogP contribution in [0, 0.1) is 5.92 Å². The number of benzene rings is 1. The van der Waals surface area contributed by atoms with Gasteiger partial charge in [-0.15, -0.1) is 24.8 Å². The molecular formula is C19H31Cl2N3O2. The zero-order chi connectivity index (χ0) is 16.8. The molecule has 3 rings (SSSR count). The van der Waals surface area contributed by atoms with Gasteiger partial charge in [-0.2, -0.15) is 0 Å². The average molecular weight is 404 g/mol. The van der Waals surface area contributed by atoms with Crippen LogP contribution in [0.4, 0.5) is 5.69 Å². The molecule has 0 spiro atoms. The van der Waals surface area contributed by atoms with Crippen LogP contribution in [0.5, 0.6) is 5.75 Å². The Morgan fingerprint density at radius 3 is 2.92 bits per heavy atom. The summed E-state index contributed by atoms with van der Waals surface area (Å²) in [6.07, 6.45) is 5.04. The minimum absolute atomic E-state index is 0. The maximum atomic E-state index is 12.2. The molecule has 5 nitrogen and oxygen atoms in total. The standard InChI is InChI=1S/C19H29N3O2.2ClH/c1-24-18-6-2-5-17(12-18)22-11-3-4-16(14-22)21-19(23)8-7-15-9-10-20-13-15;;/h2,5-6,12,15-16,20H,3-4,7-11,13-14H2,1H3,(H,21,23);2*1H. The molecule has 1 amide bonds. The number of nitrogens with one attached hydrogen (secondary N) is 2. The van der Waals surface area contributed by atoms with Crippen molar-refractivity contribution in [1.29, 1.82) is 0 Å². The number of anilines is 1.